The summed E-state index contributed by atoms with van der Waals surface area (Å²) < 4.78 is 11.4. The van der Waals surface area contributed by atoms with Crippen LogP contribution in [0.15, 0.2) is 77.5 Å². The van der Waals surface area contributed by atoms with E-state index in [2.05, 4.69) is 20.5 Å². The number of ether oxygens (including phenoxy) is 1. The van der Waals surface area contributed by atoms with E-state index in [1.807, 2.05) is 31.2 Å². The minimum atomic E-state index is -0.221. The number of nitrogens with zero attached hydrogens (tertiary/aromatic N) is 3. The van der Waals surface area contributed by atoms with E-state index in [4.69, 9.17) is 9.15 Å². The fourth-order valence-corrected chi connectivity index (χ4v) is 2.71. The van der Waals surface area contributed by atoms with Crippen LogP contribution in [0.3, 0.4) is 0 Å². The van der Waals surface area contributed by atoms with Gasteiger partial charge in [-0.1, -0.05) is 18.2 Å². The summed E-state index contributed by atoms with van der Waals surface area (Å²) in [6.07, 6.45) is 3.14. The fraction of sp³-hybridized carbons (Fsp3) is 0.0909. The third-order valence-electron chi connectivity index (χ3n) is 4.24. The molecule has 0 radical (unpaired) electrons. The lowest BCUT2D eigenvalue weighted by Crippen LogP contribution is -2.11. The second-order valence-corrected chi connectivity index (χ2v) is 6.32. The van der Waals surface area contributed by atoms with Crippen LogP contribution in [0.1, 0.15) is 21.8 Å². The van der Waals surface area contributed by atoms with Gasteiger partial charge in [-0.3, -0.25) is 9.78 Å². The van der Waals surface area contributed by atoms with Crippen LogP contribution in [0.25, 0.3) is 11.5 Å². The zero-order chi connectivity index (χ0) is 20.1. The van der Waals surface area contributed by atoms with Gasteiger partial charge in [-0.25, -0.2) is 0 Å². The Balaban J connectivity index is 1.35. The predicted molar refractivity (Wildman–Crippen MR) is 107 cm³/mol. The van der Waals surface area contributed by atoms with Gasteiger partial charge in [0.15, 0.2) is 6.61 Å². The van der Waals surface area contributed by atoms with Gasteiger partial charge in [0.25, 0.3) is 11.8 Å². The second-order valence-electron chi connectivity index (χ2n) is 6.32. The molecule has 7 nitrogen and oxygen atoms in total. The van der Waals surface area contributed by atoms with Crippen molar-refractivity contribution in [1.82, 2.24) is 15.2 Å². The molecule has 7 heteroatoms. The highest BCUT2D eigenvalue weighted by atomic mass is 16.5. The van der Waals surface area contributed by atoms with Crippen LogP contribution in [0, 0.1) is 6.92 Å². The second kappa shape index (κ2) is 8.35. The van der Waals surface area contributed by atoms with E-state index in [-0.39, 0.29) is 12.5 Å². The van der Waals surface area contributed by atoms with E-state index in [1.165, 1.54) is 6.20 Å². The molecule has 29 heavy (non-hydrogen) atoms. The van der Waals surface area contributed by atoms with E-state index >= 15 is 0 Å². The number of hydrogen-bond acceptors (Lipinski definition) is 6. The zero-order valence-electron chi connectivity index (χ0n) is 15.7. The van der Waals surface area contributed by atoms with E-state index < -0.39 is 0 Å². The summed E-state index contributed by atoms with van der Waals surface area (Å²) in [5.74, 6) is 1.26. The Morgan fingerprint density at radius 2 is 1.86 bits per heavy atom. The molecule has 0 atom stereocenters. The Labute approximate surface area is 167 Å². The van der Waals surface area contributed by atoms with Gasteiger partial charge in [0, 0.05) is 23.6 Å². The standard InChI is InChI=1S/C22H18N4O3/c1-15-5-2-3-7-19(15)22-26-25-20(29-22)14-28-18-10-8-17(9-11-18)24-21(27)16-6-4-12-23-13-16/h2-13H,14H2,1H3,(H,24,27). The van der Waals surface area contributed by atoms with Crippen LogP contribution in [0.4, 0.5) is 5.69 Å². The SMILES string of the molecule is Cc1ccccc1-c1nnc(COc2ccc(NC(=O)c3cccnc3)cc2)o1. The number of carbonyl (C=O) groups excluding carboxylic acids is 1. The number of carbonyl (C=O) groups is 1. The number of anilines is 1. The van der Waals surface area contributed by atoms with Crippen molar-refractivity contribution < 1.29 is 13.9 Å². The van der Waals surface area contributed by atoms with E-state index in [9.17, 15) is 4.79 Å². The van der Waals surface area contributed by atoms with Crippen LogP contribution < -0.4 is 10.1 Å². The van der Waals surface area contributed by atoms with Crippen LogP contribution in [0.5, 0.6) is 5.75 Å². The maximum Gasteiger partial charge on any atom is 0.257 e. The highest BCUT2D eigenvalue weighted by molar-refractivity contribution is 6.04. The molecule has 1 N–H and O–H groups in total. The van der Waals surface area contributed by atoms with Crippen molar-refractivity contribution in [2.45, 2.75) is 13.5 Å². The molecule has 4 rings (SSSR count). The van der Waals surface area contributed by atoms with Crippen LogP contribution in [-0.4, -0.2) is 21.1 Å². The molecule has 0 aliphatic rings. The third kappa shape index (κ3) is 4.47. The van der Waals surface area contributed by atoms with Crippen molar-refractivity contribution in [2.24, 2.45) is 0 Å². The number of nitrogens with one attached hydrogen (secondary N) is 1. The van der Waals surface area contributed by atoms with Crippen molar-refractivity contribution >= 4 is 11.6 Å². The first kappa shape index (κ1) is 18.4. The molecule has 2 aromatic carbocycles. The van der Waals surface area contributed by atoms with E-state index in [0.717, 1.165) is 11.1 Å². The number of aryl methyl sites for hydroxylation is 1. The summed E-state index contributed by atoms with van der Waals surface area (Å²) >= 11 is 0. The monoisotopic (exact) mass is 386 g/mol. The number of rotatable bonds is 6. The maximum atomic E-state index is 12.1. The van der Waals surface area contributed by atoms with Crippen LogP contribution >= 0.6 is 0 Å². The molecule has 4 aromatic rings. The molecule has 0 aliphatic carbocycles. The molecule has 0 fully saturated rings. The van der Waals surface area contributed by atoms with Crippen molar-refractivity contribution in [3.8, 4) is 17.2 Å². The van der Waals surface area contributed by atoms with E-state index in [1.54, 1.807) is 42.6 Å². The largest absolute Gasteiger partial charge is 0.484 e. The number of amides is 1. The first-order valence-corrected chi connectivity index (χ1v) is 9.02. The average Bonchev–Trinajstić information content (AvgIpc) is 3.23. The summed E-state index contributed by atoms with van der Waals surface area (Å²) in [6.45, 7) is 2.14. The van der Waals surface area contributed by atoms with E-state index in [0.29, 0.717) is 28.8 Å². The van der Waals surface area contributed by atoms with Gasteiger partial charge in [0.1, 0.15) is 5.75 Å². The van der Waals surface area contributed by atoms with Gasteiger partial charge in [0.05, 0.1) is 5.56 Å². The lowest BCUT2D eigenvalue weighted by atomic mass is 10.1. The van der Waals surface area contributed by atoms with Gasteiger partial charge in [-0.15, -0.1) is 10.2 Å². The highest BCUT2D eigenvalue weighted by Crippen LogP contribution is 2.22. The highest BCUT2D eigenvalue weighted by Gasteiger charge is 2.11. The Morgan fingerprint density at radius 1 is 1.03 bits per heavy atom. The average molecular weight is 386 g/mol. The summed E-state index contributed by atoms with van der Waals surface area (Å²) in [5, 5.41) is 10.9. The lowest BCUT2D eigenvalue weighted by molar-refractivity contribution is 0.102. The van der Waals surface area contributed by atoms with Gasteiger partial charge >= 0.3 is 0 Å². The number of benzene rings is 2. The Morgan fingerprint density at radius 3 is 2.62 bits per heavy atom. The molecular formula is C22H18N4O3. The molecular weight excluding hydrogens is 368 g/mol. The van der Waals surface area contributed by atoms with Gasteiger partial charge in [0.2, 0.25) is 5.89 Å². The minimum absolute atomic E-state index is 0.153. The predicted octanol–water partition coefficient (Wildman–Crippen LogP) is 4.27. The quantitative estimate of drug-likeness (QED) is 0.532. The van der Waals surface area contributed by atoms with Gasteiger partial charge < -0.3 is 14.5 Å². The third-order valence-corrected chi connectivity index (χ3v) is 4.24. The number of hydrogen-bond donors (Lipinski definition) is 1. The summed E-state index contributed by atoms with van der Waals surface area (Å²) in [5.41, 5.74) is 3.12. The van der Waals surface area contributed by atoms with Crippen molar-refractivity contribution in [1.29, 1.82) is 0 Å². The van der Waals surface area contributed by atoms with Crippen molar-refractivity contribution in [3.63, 3.8) is 0 Å². The smallest absolute Gasteiger partial charge is 0.257 e. The van der Waals surface area contributed by atoms with Crippen molar-refractivity contribution in [2.75, 3.05) is 5.32 Å². The molecule has 2 heterocycles. The summed E-state index contributed by atoms with van der Waals surface area (Å²) in [6, 6.07) is 18.3. The number of aromatic nitrogens is 3. The minimum Gasteiger partial charge on any atom is -0.484 e. The Bertz CT molecular complexity index is 1110. The maximum absolute atomic E-state index is 12.1. The first-order valence-electron chi connectivity index (χ1n) is 9.02. The summed E-state index contributed by atoms with van der Waals surface area (Å²) in [4.78, 5) is 16.1. The Hall–Kier alpha value is -4.00. The van der Waals surface area contributed by atoms with Gasteiger partial charge in [-0.2, -0.15) is 0 Å². The topological polar surface area (TPSA) is 90.1 Å². The summed E-state index contributed by atoms with van der Waals surface area (Å²) in [7, 11) is 0. The molecule has 0 saturated carbocycles. The van der Waals surface area contributed by atoms with Crippen LogP contribution in [0.2, 0.25) is 0 Å². The molecule has 0 saturated heterocycles. The molecule has 0 spiro atoms. The molecule has 0 aliphatic heterocycles. The van der Waals surface area contributed by atoms with Crippen LogP contribution in [-0.2, 0) is 6.61 Å². The normalized spacial score (nSPS) is 10.5. The molecule has 1 amide bonds. The molecule has 144 valence electrons. The molecule has 2 aromatic heterocycles. The molecule has 0 bridgehead atoms. The Kier molecular flexibility index (Phi) is 5.29. The lowest BCUT2D eigenvalue weighted by Gasteiger charge is -2.07. The molecule has 0 unspecified atom stereocenters. The van der Waals surface area contributed by atoms with Gasteiger partial charge in [-0.05, 0) is 55.0 Å². The van der Waals surface area contributed by atoms with Crippen molar-refractivity contribution in [3.05, 3.63) is 90.1 Å². The fourth-order valence-electron chi connectivity index (χ4n) is 2.71. The number of pyridine rings is 1. The first-order chi connectivity index (χ1) is 14.2. The zero-order valence-corrected chi connectivity index (χ0v) is 15.7.